The molecule has 0 aromatic heterocycles. The monoisotopic (exact) mass is 363 g/mol. The van der Waals surface area contributed by atoms with Crippen molar-refractivity contribution in [3.8, 4) is 0 Å². The Kier molecular flexibility index (Phi) is 21.2. The number of carboxylic acids is 1. The van der Waals surface area contributed by atoms with Crippen LogP contribution in [0.3, 0.4) is 0 Å². The number of aliphatic carboxylic acids is 1. The molecule has 0 bridgehead atoms. The van der Waals surface area contributed by atoms with Crippen molar-refractivity contribution in [3.63, 3.8) is 0 Å². The van der Waals surface area contributed by atoms with Gasteiger partial charge in [0.15, 0.2) is 0 Å². The van der Waals surface area contributed by atoms with E-state index in [0.29, 0.717) is 6.42 Å². The van der Waals surface area contributed by atoms with Crippen molar-refractivity contribution in [2.75, 3.05) is 0 Å². The predicted molar refractivity (Wildman–Crippen MR) is 102 cm³/mol. The summed E-state index contributed by atoms with van der Waals surface area (Å²) in [5.41, 5.74) is 4.50. The summed E-state index contributed by atoms with van der Waals surface area (Å²) in [6.07, 6.45) is 21.7. The maximum absolute atomic E-state index is 10.8. The van der Waals surface area contributed by atoms with Crippen molar-refractivity contribution >= 4 is 5.97 Å². The molecule has 0 saturated carbocycles. The van der Waals surface area contributed by atoms with Crippen LogP contribution < -0.4 is 40.4 Å². The Morgan fingerprint density at radius 1 is 0.720 bits per heavy atom. The minimum Gasteiger partial charge on any atom is -0.548 e. The molecule has 0 fully saturated rings. The predicted octanol–water partition coefficient (Wildman–Crippen LogP) is 2.11. The van der Waals surface area contributed by atoms with Crippen LogP contribution in [0, 0.1) is 0 Å². The van der Waals surface area contributed by atoms with Crippen LogP contribution in [0.5, 0.6) is 0 Å². The molecule has 25 heavy (non-hydrogen) atoms. The van der Waals surface area contributed by atoms with E-state index in [9.17, 15) is 9.90 Å². The second-order valence-corrected chi connectivity index (χ2v) is 7.76. The fourth-order valence-corrected chi connectivity index (χ4v) is 3.14. The minimum atomic E-state index is -1.16. The van der Waals surface area contributed by atoms with E-state index < -0.39 is 11.5 Å². The first-order valence-corrected chi connectivity index (χ1v) is 10.5. The van der Waals surface area contributed by atoms with Crippen molar-refractivity contribution in [3.05, 3.63) is 0 Å². The molecule has 0 heterocycles. The summed E-state index contributed by atoms with van der Waals surface area (Å²) in [6, 6.07) is 0. The van der Waals surface area contributed by atoms with E-state index in [1.54, 1.807) is 6.92 Å². The normalized spacial score (nSPS) is 13.2. The molecule has 1 unspecified atom stereocenters. The molecule has 0 radical (unpaired) electrons. The van der Waals surface area contributed by atoms with Crippen LogP contribution in [0.15, 0.2) is 0 Å². The van der Waals surface area contributed by atoms with E-state index in [-0.39, 0.29) is 29.6 Å². The molecule has 0 saturated heterocycles. The second-order valence-electron chi connectivity index (χ2n) is 7.76. The Balaban J connectivity index is 0. The summed E-state index contributed by atoms with van der Waals surface area (Å²) < 4.78 is 0. The maximum Gasteiger partial charge on any atom is 1.00 e. The summed E-state index contributed by atoms with van der Waals surface area (Å²) in [6.45, 7) is 3.82. The van der Waals surface area contributed by atoms with Crippen LogP contribution in [-0.2, 0) is 4.79 Å². The van der Waals surface area contributed by atoms with E-state index in [1.165, 1.54) is 89.9 Å². The summed E-state index contributed by atoms with van der Waals surface area (Å²) in [5, 5.41) is 10.8. The number of hydrogen-bond donors (Lipinski definition) is 1. The van der Waals surface area contributed by atoms with Crippen molar-refractivity contribution in [1.29, 1.82) is 0 Å². The molecular formula is C21H42NNaO2. The van der Waals surface area contributed by atoms with Crippen LogP contribution in [0.4, 0.5) is 0 Å². The first kappa shape index (κ1) is 27.6. The Hall–Kier alpha value is 0.430. The zero-order valence-corrected chi connectivity index (χ0v) is 19.4. The van der Waals surface area contributed by atoms with E-state index in [4.69, 9.17) is 5.73 Å². The van der Waals surface area contributed by atoms with Gasteiger partial charge in [0.05, 0.1) is 11.5 Å². The van der Waals surface area contributed by atoms with Gasteiger partial charge in [0.2, 0.25) is 0 Å². The number of unbranched alkanes of at least 4 members (excludes halogenated alkanes) is 15. The number of rotatable bonds is 18. The first-order valence-electron chi connectivity index (χ1n) is 10.5. The average Bonchev–Trinajstić information content (AvgIpc) is 2.54. The van der Waals surface area contributed by atoms with E-state index in [1.807, 2.05) is 0 Å². The molecule has 144 valence electrons. The first-order chi connectivity index (χ1) is 11.5. The zero-order chi connectivity index (χ0) is 18.1. The molecule has 1 atom stereocenters. The van der Waals surface area contributed by atoms with Crippen molar-refractivity contribution in [2.45, 2.75) is 129 Å². The molecule has 0 aromatic carbocycles. The fourth-order valence-electron chi connectivity index (χ4n) is 3.14. The molecule has 4 heteroatoms. The number of nitrogens with two attached hydrogens (primary N) is 1. The quantitative estimate of drug-likeness (QED) is 0.300. The Morgan fingerprint density at radius 3 is 1.28 bits per heavy atom. The number of carbonyl (C=O) groups excluding carboxylic acids is 1. The van der Waals surface area contributed by atoms with Crippen LogP contribution in [0.25, 0.3) is 0 Å². The number of hydrogen-bond acceptors (Lipinski definition) is 3. The summed E-state index contributed by atoms with van der Waals surface area (Å²) in [4.78, 5) is 10.8. The van der Waals surface area contributed by atoms with Gasteiger partial charge in [0.25, 0.3) is 0 Å². The Labute approximate surface area is 179 Å². The van der Waals surface area contributed by atoms with Crippen molar-refractivity contribution < 1.29 is 39.5 Å². The SMILES string of the molecule is CCCCCCCCCCCCCCCCCCC(C)(N)C(=O)[O-].[Na+]. The van der Waals surface area contributed by atoms with Crippen LogP contribution >= 0.6 is 0 Å². The largest absolute Gasteiger partial charge is 1.00 e. The topological polar surface area (TPSA) is 66.2 Å². The van der Waals surface area contributed by atoms with Gasteiger partial charge in [0.1, 0.15) is 0 Å². The smallest absolute Gasteiger partial charge is 0.548 e. The van der Waals surface area contributed by atoms with Gasteiger partial charge in [-0.2, -0.15) is 0 Å². The van der Waals surface area contributed by atoms with E-state index in [0.717, 1.165) is 12.8 Å². The standard InChI is InChI=1S/C21H43NO2.Na/c1-3-4-5-6-7-8-9-10-11-12-13-14-15-16-17-18-19-21(2,22)20(23)24;/h3-19,22H2,1-2H3,(H,23,24);/q;+1/p-1. The molecule has 0 aliphatic rings. The minimum absolute atomic E-state index is 0. The molecule has 3 nitrogen and oxygen atoms in total. The van der Waals surface area contributed by atoms with Gasteiger partial charge in [-0.1, -0.05) is 110 Å². The van der Waals surface area contributed by atoms with Crippen LogP contribution in [-0.4, -0.2) is 11.5 Å². The third kappa shape index (κ3) is 19.0. The molecule has 0 rings (SSSR count). The maximum atomic E-state index is 10.8. The van der Waals surface area contributed by atoms with Gasteiger partial charge in [-0.3, -0.25) is 0 Å². The Bertz CT molecular complexity index is 296. The molecular weight excluding hydrogens is 321 g/mol. The molecule has 0 aliphatic heterocycles. The van der Waals surface area contributed by atoms with Crippen molar-refractivity contribution in [2.24, 2.45) is 5.73 Å². The van der Waals surface area contributed by atoms with E-state index in [2.05, 4.69) is 6.92 Å². The van der Waals surface area contributed by atoms with Crippen LogP contribution in [0.2, 0.25) is 0 Å². The Morgan fingerprint density at radius 2 is 1.00 bits per heavy atom. The van der Waals surface area contributed by atoms with Gasteiger partial charge in [-0.25, -0.2) is 0 Å². The van der Waals surface area contributed by atoms with Gasteiger partial charge < -0.3 is 15.6 Å². The summed E-state index contributed by atoms with van der Waals surface area (Å²) in [7, 11) is 0. The van der Waals surface area contributed by atoms with Crippen LogP contribution in [0.1, 0.15) is 123 Å². The second kappa shape index (κ2) is 19.2. The molecule has 0 aromatic rings. The molecule has 0 spiro atoms. The summed E-state index contributed by atoms with van der Waals surface area (Å²) in [5.74, 6) is -1.14. The zero-order valence-electron chi connectivity index (χ0n) is 17.4. The van der Waals surface area contributed by atoms with Gasteiger partial charge >= 0.3 is 29.6 Å². The molecule has 0 aliphatic carbocycles. The van der Waals surface area contributed by atoms with Gasteiger partial charge in [-0.05, 0) is 13.3 Å². The third-order valence-corrected chi connectivity index (χ3v) is 5.02. The molecule has 2 N–H and O–H groups in total. The average molecular weight is 364 g/mol. The third-order valence-electron chi connectivity index (χ3n) is 5.02. The van der Waals surface area contributed by atoms with E-state index >= 15 is 0 Å². The van der Waals surface area contributed by atoms with Crippen molar-refractivity contribution in [1.82, 2.24) is 0 Å². The fraction of sp³-hybridized carbons (Fsp3) is 0.952. The van der Waals surface area contributed by atoms with Gasteiger partial charge in [0, 0.05) is 0 Å². The molecule has 0 amide bonds. The summed E-state index contributed by atoms with van der Waals surface area (Å²) >= 11 is 0. The van der Waals surface area contributed by atoms with Gasteiger partial charge in [-0.15, -0.1) is 0 Å². The number of carboxylic acid groups (broad SMARTS) is 1. The number of carbonyl (C=O) groups is 1.